The van der Waals surface area contributed by atoms with E-state index < -0.39 is 6.10 Å². The van der Waals surface area contributed by atoms with Gasteiger partial charge in [0, 0.05) is 24.3 Å². The lowest BCUT2D eigenvalue weighted by Crippen LogP contribution is -2.21. The maximum absolute atomic E-state index is 10.1. The fraction of sp³-hybridized carbons (Fsp3) is 0.267. The van der Waals surface area contributed by atoms with Crippen LogP contribution in [0.5, 0.6) is 0 Å². The molecular weight excluding hydrogens is 260 g/mol. The number of hydrogen-bond acceptors (Lipinski definition) is 3. The van der Waals surface area contributed by atoms with Gasteiger partial charge < -0.3 is 10.4 Å². The quantitative estimate of drug-likeness (QED) is 0.883. The zero-order valence-corrected chi connectivity index (χ0v) is 11.6. The van der Waals surface area contributed by atoms with Crippen molar-refractivity contribution in [3.05, 3.63) is 64.4 Å². The lowest BCUT2D eigenvalue weighted by Gasteiger charge is -2.13. The number of aliphatic hydroxyl groups excluding tert-OH is 1. The van der Waals surface area contributed by atoms with Crippen LogP contribution in [0, 0.1) is 6.92 Å². The summed E-state index contributed by atoms with van der Waals surface area (Å²) in [6.07, 6.45) is 1.22. The molecule has 0 aliphatic carbocycles. The number of halogens is 1. The van der Waals surface area contributed by atoms with E-state index in [1.165, 1.54) is 0 Å². The monoisotopic (exact) mass is 276 g/mol. The molecule has 1 heterocycles. The molecule has 100 valence electrons. The van der Waals surface area contributed by atoms with E-state index in [0.29, 0.717) is 13.1 Å². The van der Waals surface area contributed by atoms with E-state index in [1.807, 2.05) is 43.3 Å². The molecule has 0 saturated carbocycles. The van der Waals surface area contributed by atoms with Crippen molar-refractivity contribution in [3.63, 3.8) is 0 Å². The van der Waals surface area contributed by atoms with Gasteiger partial charge in [0.15, 0.2) is 0 Å². The summed E-state index contributed by atoms with van der Waals surface area (Å²) in [6.45, 7) is 3.06. The summed E-state index contributed by atoms with van der Waals surface area (Å²) < 4.78 is 0. The predicted molar refractivity (Wildman–Crippen MR) is 77.1 cm³/mol. The largest absolute Gasteiger partial charge is 0.387 e. The van der Waals surface area contributed by atoms with Crippen molar-refractivity contribution in [2.24, 2.45) is 0 Å². The minimum Gasteiger partial charge on any atom is -0.387 e. The normalized spacial score (nSPS) is 12.4. The average molecular weight is 277 g/mol. The molecule has 3 nitrogen and oxygen atoms in total. The van der Waals surface area contributed by atoms with Gasteiger partial charge in [-0.15, -0.1) is 0 Å². The van der Waals surface area contributed by atoms with Crippen LogP contribution >= 0.6 is 11.6 Å². The zero-order valence-electron chi connectivity index (χ0n) is 10.8. The van der Waals surface area contributed by atoms with Gasteiger partial charge in [-0.1, -0.05) is 29.8 Å². The lowest BCUT2D eigenvalue weighted by atomic mass is 10.1. The molecule has 2 aromatic rings. The Morgan fingerprint density at radius 2 is 2.16 bits per heavy atom. The van der Waals surface area contributed by atoms with Gasteiger partial charge >= 0.3 is 0 Å². The van der Waals surface area contributed by atoms with E-state index in [1.54, 1.807) is 6.20 Å². The van der Waals surface area contributed by atoms with E-state index in [9.17, 15) is 5.11 Å². The molecule has 2 N–H and O–H groups in total. The van der Waals surface area contributed by atoms with E-state index in [2.05, 4.69) is 10.3 Å². The molecule has 1 unspecified atom stereocenters. The highest BCUT2D eigenvalue weighted by atomic mass is 35.5. The second-order valence-corrected chi connectivity index (χ2v) is 4.88. The molecule has 0 spiro atoms. The Kier molecular flexibility index (Phi) is 4.91. The summed E-state index contributed by atoms with van der Waals surface area (Å²) >= 11 is 5.96. The zero-order chi connectivity index (χ0) is 13.7. The number of hydrogen-bond donors (Lipinski definition) is 2. The topological polar surface area (TPSA) is 45.1 Å². The molecule has 0 aliphatic rings. The molecule has 1 atom stereocenters. The minimum absolute atomic E-state index is 0.484. The van der Waals surface area contributed by atoms with Crippen molar-refractivity contribution in [1.29, 1.82) is 0 Å². The molecule has 0 saturated heterocycles. The third-order valence-electron chi connectivity index (χ3n) is 2.94. The van der Waals surface area contributed by atoms with Gasteiger partial charge in [0.05, 0.1) is 11.8 Å². The van der Waals surface area contributed by atoms with Crippen molar-refractivity contribution in [1.82, 2.24) is 10.3 Å². The van der Waals surface area contributed by atoms with Gasteiger partial charge in [-0.2, -0.15) is 0 Å². The van der Waals surface area contributed by atoms with Gasteiger partial charge in [-0.25, -0.2) is 0 Å². The van der Waals surface area contributed by atoms with Crippen molar-refractivity contribution in [2.45, 2.75) is 19.6 Å². The highest BCUT2D eigenvalue weighted by Crippen LogP contribution is 2.20. The Labute approximate surface area is 118 Å². The molecule has 19 heavy (non-hydrogen) atoms. The first-order valence-electron chi connectivity index (χ1n) is 6.21. The summed E-state index contributed by atoms with van der Waals surface area (Å²) in [5.41, 5.74) is 2.81. The molecule has 0 radical (unpaired) electrons. The molecule has 0 aliphatic heterocycles. The Hall–Kier alpha value is -1.42. The maximum Gasteiger partial charge on any atom is 0.0914 e. The van der Waals surface area contributed by atoms with Crippen LogP contribution in [0.15, 0.2) is 42.6 Å². The number of aromatic nitrogens is 1. The number of benzene rings is 1. The van der Waals surface area contributed by atoms with Crippen LogP contribution in [0.1, 0.15) is 22.9 Å². The Morgan fingerprint density at radius 1 is 1.32 bits per heavy atom. The van der Waals surface area contributed by atoms with Crippen LogP contribution in [0.3, 0.4) is 0 Å². The van der Waals surface area contributed by atoms with Crippen LogP contribution < -0.4 is 5.32 Å². The Bertz CT molecular complexity index is 531. The SMILES string of the molecule is Cc1cc(C(O)CNCc2ccccn2)ccc1Cl. The fourth-order valence-electron chi connectivity index (χ4n) is 1.83. The Balaban J connectivity index is 1.87. The molecular formula is C15H17ClN2O. The van der Waals surface area contributed by atoms with Crippen LogP contribution in [0.4, 0.5) is 0 Å². The second kappa shape index (κ2) is 6.66. The molecule has 0 amide bonds. The molecule has 1 aromatic heterocycles. The summed E-state index contributed by atoms with van der Waals surface area (Å²) in [7, 11) is 0. The smallest absolute Gasteiger partial charge is 0.0914 e. The van der Waals surface area contributed by atoms with Crippen molar-refractivity contribution in [2.75, 3.05) is 6.54 Å². The van der Waals surface area contributed by atoms with Gasteiger partial charge in [-0.3, -0.25) is 4.98 Å². The van der Waals surface area contributed by atoms with Gasteiger partial charge in [0.2, 0.25) is 0 Å². The van der Waals surface area contributed by atoms with Crippen LogP contribution in [-0.2, 0) is 6.54 Å². The highest BCUT2D eigenvalue weighted by molar-refractivity contribution is 6.31. The number of rotatable bonds is 5. The summed E-state index contributed by atoms with van der Waals surface area (Å²) in [5.74, 6) is 0. The number of aliphatic hydroxyl groups is 1. The van der Waals surface area contributed by atoms with Crippen molar-refractivity contribution < 1.29 is 5.11 Å². The fourth-order valence-corrected chi connectivity index (χ4v) is 1.95. The Morgan fingerprint density at radius 3 is 2.84 bits per heavy atom. The van der Waals surface area contributed by atoms with Crippen LogP contribution in [-0.4, -0.2) is 16.6 Å². The standard InChI is InChI=1S/C15H17ClN2O/c1-11-8-12(5-6-14(11)16)15(19)10-17-9-13-4-2-3-7-18-13/h2-8,15,17,19H,9-10H2,1H3. The molecule has 0 bridgehead atoms. The van der Waals surface area contributed by atoms with Crippen molar-refractivity contribution in [3.8, 4) is 0 Å². The summed E-state index contributed by atoms with van der Waals surface area (Å²) in [6, 6.07) is 11.4. The van der Waals surface area contributed by atoms with Gasteiger partial charge in [0.25, 0.3) is 0 Å². The number of nitrogens with zero attached hydrogens (tertiary/aromatic N) is 1. The number of aryl methyl sites for hydroxylation is 1. The number of nitrogens with one attached hydrogen (secondary N) is 1. The minimum atomic E-state index is -0.542. The van der Waals surface area contributed by atoms with E-state index in [0.717, 1.165) is 21.8 Å². The van der Waals surface area contributed by atoms with Crippen LogP contribution in [0.25, 0.3) is 0 Å². The third kappa shape index (κ3) is 4.03. The first-order chi connectivity index (χ1) is 9.16. The van der Waals surface area contributed by atoms with Gasteiger partial charge in [0.1, 0.15) is 0 Å². The lowest BCUT2D eigenvalue weighted by molar-refractivity contribution is 0.174. The highest BCUT2D eigenvalue weighted by Gasteiger charge is 2.08. The maximum atomic E-state index is 10.1. The summed E-state index contributed by atoms with van der Waals surface area (Å²) in [5, 5.41) is 14.0. The summed E-state index contributed by atoms with van der Waals surface area (Å²) in [4.78, 5) is 4.21. The number of pyridine rings is 1. The first-order valence-corrected chi connectivity index (χ1v) is 6.59. The molecule has 4 heteroatoms. The van der Waals surface area contributed by atoms with E-state index in [-0.39, 0.29) is 0 Å². The molecule has 1 aromatic carbocycles. The third-order valence-corrected chi connectivity index (χ3v) is 3.36. The second-order valence-electron chi connectivity index (χ2n) is 4.48. The molecule has 2 rings (SSSR count). The van der Waals surface area contributed by atoms with E-state index >= 15 is 0 Å². The van der Waals surface area contributed by atoms with Gasteiger partial charge in [-0.05, 0) is 36.2 Å². The average Bonchev–Trinajstić information content (AvgIpc) is 2.43. The van der Waals surface area contributed by atoms with Crippen LogP contribution in [0.2, 0.25) is 5.02 Å². The van der Waals surface area contributed by atoms with Crippen molar-refractivity contribution >= 4 is 11.6 Å². The molecule has 0 fully saturated rings. The predicted octanol–water partition coefficient (Wildman–Crippen LogP) is 2.87. The van der Waals surface area contributed by atoms with E-state index in [4.69, 9.17) is 11.6 Å². The first kappa shape index (κ1) is 14.0.